The van der Waals surface area contributed by atoms with Gasteiger partial charge >= 0.3 is 6.09 Å². The van der Waals surface area contributed by atoms with Gasteiger partial charge in [-0.1, -0.05) is 6.07 Å². The van der Waals surface area contributed by atoms with Crippen LogP contribution < -0.4 is 15.4 Å². The Morgan fingerprint density at radius 3 is 2.52 bits per heavy atom. The molecule has 7 nitrogen and oxygen atoms in total. The second-order valence-corrected chi connectivity index (χ2v) is 8.10. The normalized spacial score (nSPS) is 14.5. The Kier molecular flexibility index (Phi) is 6.17. The summed E-state index contributed by atoms with van der Waals surface area (Å²) in [6, 6.07) is 13.3. The monoisotopic (exact) mass is 399 g/mol. The highest BCUT2D eigenvalue weighted by Crippen LogP contribution is 2.30. The number of hydrogen-bond acceptors (Lipinski definition) is 5. The Hall–Kier alpha value is -2.93. The van der Waals surface area contributed by atoms with Gasteiger partial charge in [0.15, 0.2) is 0 Å². The van der Waals surface area contributed by atoms with E-state index in [2.05, 4.69) is 11.0 Å². The third-order valence-electron chi connectivity index (χ3n) is 4.91. The van der Waals surface area contributed by atoms with E-state index in [1.807, 2.05) is 39.0 Å². The number of carboxylic acid groups (broad SMARTS) is 1. The fourth-order valence-electron chi connectivity index (χ4n) is 3.25. The van der Waals surface area contributed by atoms with Crippen LogP contribution >= 0.6 is 0 Å². The maximum absolute atomic E-state index is 11.7. The van der Waals surface area contributed by atoms with Crippen LogP contribution in [0.4, 0.5) is 16.2 Å². The van der Waals surface area contributed by atoms with Gasteiger partial charge in [0, 0.05) is 36.1 Å². The van der Waals surface area contributed by atoms with Crippen LogP contribution in [0.1, 0.15) is 26.3 Å². The standard InChI is InChI=1S/C22H29N3O4/c1-22(2,3)25(21(26)27)15-16-13-19(7-8-20(16)23)29-18-6-4-5-17(14-18)24-9-11-28-12-10-24/h4-8,13-14H,9-12,15,23H2,1-3H3,(H,26,27). The number of rotatable bonds is 5. The summed E-state index contributed by atoms with van der Waals surface area (Å²) in [4.78, 5) is 15.3. The molecule has 1 heterocycles. The molecule has 0 aliphatic carbocycles. The number of ether oxygens (including phenoxy) is 2. The van der Waals surface area contributed by atoms with E-state index >= 15 is 0 Å². The van der Waals surface area contributed by atoms with Crippen molar-refractivity contribution < 1.29 is 19.4 Å². The van der Waals surface area contributed by atoms with Crippen molar-refractivity contribution in [3.05, 3.63) is 48.0 Å². The summed E-state index contributed by atoms with van der Waals surface area (Å²) in [6.07, 6.45) is -0.985. The van der Waals surface area contributed by atoms with Crippen molar-refractivity contribution in [2.24, 2.45) is 0 Å². The number of anilines is 2. The van der Waals surface area contributed by atoms with Gasteiger partial charge in [-0.05, 0) is 56.7 Å². The van der Waals surface area contributed by atoms with Crippen molar-refractivity contribution in [3.63, 3.8) is 0 Å². The molecule has 1 aliphatic rings. The van der Waals surface area contributed by atoms with Crippen LogP contribution in [0.25, 0.3) is 0 Å². The average molecular weight is 399 g/mol. The minimum Gasteiger partial charge on any atom is -0.465 e. The molecule has 1 aliphatic heterocycles. The molecule has 2 aromatic carbocycles. The largest absolute Gasteiger partial charge is 0.465 e. The second-order valence-electron chi connectivity index (χ2n) is 8.10. The summed E-state index contributed by atoms with van der Waals surface area (Å²) in [5.41, 5.74) is 7.90. The molecule has 2 aromatic rings. The zero-order chi connectivity index (χ0) is 21.0. The van der Waals surface area contributed by atoms with Gasteiger partial charge in [0.25, 0.3) is 0 Å². The van der Waals surface area contributed by atoms with E-state index in [-0.39, 0.29) is 6.54 Å². The molecule has 1 amide bonds. The minimum absolute atomic E-state index is 0.190. The number of nitrogens with two attached hydrogens (primary N) is 1. The van der Waals surface area contributed by atoms with Gasteiger partial charge in [-0.15, -0.1) is 0 Å². The fourth-order valence-corrected chi connectivity index (χ4v) is 3.25. The smallest absolute Gasteiger partial charge is 0.408 e. The second kappa shape index (κ2) is 8.61. The molecule has 3 rings (SSSR count). The van der Waals surface area contributed by atoms with E-state index in [9.17, 15) is 9.90 Å². The van der Waals surface area contributed by atoms with Crippen molar-refractivity contribution in [3.8, 4) is 11.5 Å². The number of hydrogen-bond donors (Lipinski definition) is 2. The highest BCUT2D eigenvalue weighted by molar-refractivity contribution is 5.67. The van der Waals surface area contributed by atoms with E-state index in [1.54, 1.807) is 18.2 Å². The lowest BCUT2D eigenvalue weighted by Crippen LogP contribution is -2.44. The van der Waals surface area contributed by atoms with Crippen LogP contribution in [0.3, 0.4) is 0 Å². The van der Waals surface area contributed by atoms with Crippen molar-refractivity contribution in [2.45, 2.75) is 32.9 Å². The van der Waals surface area contributed by atoms with E-state index in [1.165, 1.54) is 4.90 Å². The Morgan fingerprint density at radius 2 is 1.86 bits per heavy atom. The Balaban J connectivity index is 1.78. The van der Waals surface area contributed by atoms with E-state index in [0.29, 0.717) is 17.0 Å². The summed E-state index contributed by atoms with van der Waals surface area (Å²) in [6.45, 7) is 8.91. The van der Waals surface area contributed by atoms with Gasteiger partial charge in [0.05, 0.1) is 19.8 Å². The number of nitrogens with zero attached hydrogens (tertiary/aromatic N) is 2. The van der Waals surface area contributed by atoms with E-state index in [0.717, 1.165) is 37.7 Å². The van der Waals surface area contributed by atoms with E-state index < -0.39 is 11.6 Å². The van der Waals surface area contributed by atoms with Gasteiger partial charge in [-0.2, -0.15) is 0 Å². The Labute approximate surface area is 171 Å². The molecular weight excluding hydrogens is 370 g/mol. The first kappa shape index (κ1) is 20.8. The van der Waals surface area contributed by atoms with Crippen LogP contribution in [-0.2, 0) is 11.3 Å². The number of carbonyl (C=O) groups is 1. The minimum atomic E-state index is -0.985. The highest BCUT2D eigenvalue weighted by atomic mass is 16.5. The van der Waals surface area contributed by atoms with Crippen molar-refractivity contribution >= 4 is 17.5 Å². The lowest BCUT2D eigenvalue weighted by molar-refractivity contribution is 0.0956. The fraction of sp³-hybridized carbons (Fsp3) is 0.409. The Bertz CT molecular complexity index is 857. The van der Waals surface area contributed by atoms with Crippen LogP contribution in [0.2, 0.25) is 0 Å². The first-order valence-corrected chi connectivity index (χ1v) is 9.73. The van der Waals surface area contributed by atoms with Gasteiger partial charge in [0.1, 0.15) is 11.5 Å². The Morgan fingerprint density at radius 1 is 1.17 bits per heavy atom. The zero-order valence-electron chi connectivity index (χ0n) is 17.2. The molecule has 29 heavy (non-hydrogen) atoms. The summed E-state index contributed by atoms with van der Waals surface area (Å²) in [5, 5.41) is 9.56. The van der Waals surface area contributed by atoms with E-state index in [4.69, 9.17) is 15.2 Å². The molecule has 1 fully saturated rings. The van der Waals surface area contributed by atoms with Crippen molar-refractivity contribution in [1.29, 1.82) is 0 Å². The maximum Gasteiger partial charge on any atom is 0.408 e. The van der Waals surface area contributed by atoms with Gasteiger partial charge in [0.2, 0.25) is 0 Å². The summed E-state index contributed by atoms with van der Waals surface area (Å²) >= 11 is 0. The molecule has 7 heteroatoms. The summed E-state index contributed by atoms with van der Waals surface area (Å²) in [5.74, 6) is 1.34. The number of amides is 1. The predicted molar refractivity (Wildman–Crippen MR) is 114 cm³/mol. The average Bonchev–Trinajstić information content (AvgIpc) is 2.68. The molecule has 3 N–H and O–H groups in total. The lowest BCUT2D eigenvalue weighted by atomic mass is 10.0. The summed E-state index contributed by atoms with van der Waals surface area (Å²) in [7, 11) is 0. The third-order valence-corrected chi connectivity index (χ3v) is 4.91. The SMILES string of the molecule is CC(C)(C)N(Cc1cc(Oc2cccc(N3CCOCC3)c2)ccc1N)C(=O)O. The first-order valence-electron chi connectivity index (χ1n) is 9.73. The molecule has 1 saturated heterocycles. The zero-order valence-corrected chi connectivity index (χ0v) is 17.2. The highest BCUT2D eigenvalue weighted by Gasteiger charge is 2.26. The summed E-state index contributed by atoms with van der Waals surface area (Å²) < 4.78 is 11.5. The van der Waals surface area contributed by atoms with Crippen LogP contribution in [0.15, 0.2) is 42.5 Å². The van der Waals surface area contributed by atoms with Crippen molar-refractivity contribution in [2.75, 3.05) is 36.9 Å². The van der Waals surface area contributed by atoms with Crippen LogP contribution in [-0.4, -0.2) is 47.9 Å². The molecule has 0 radical (unpaired) electrons. The van der Waals surface area contributed by atoms with Crippen LogP contribution in [0, 0.1) is 0 Å². The molecule has 0 bridgehead atoms. The van der Waals surface area contributed by atoms with Gasteiger partial charge < -0.3 is 25.2 Å². The van der Waals surface area contributed by atoms with Crippen molar-refractivity contribution in [1.82, 2.24) is 4.90 Å². The molecule has 0 spiro atoms. The molecule has 0 saturated carbocycles. The molecule has 0 unspecified atom stereocenters. The molecule has 0 atom stereocenters. The quantitative estimate of drug-likeness (QED) is 0.734. The number of benzene rings is 2. The maximum atomic E-state index is 11.7. The van der Waals surface area contributed by atoms with Crippen LogP contribution in [0.5, 0.6) is 11.5 Å². The predicted octanol–water partition coefficient (Wildman–Crippen LogP) is 4.18. The molecule has 0 aromatic heterocycles. The first-order chi connectivity index (χ1) is 13.7. The van der Waals surface area contributed by atoms with Gasteiger partial charge in [-0.3, -0.25) is 4.90 Å². The van der Waals surface area contributed by atoms with Gasteiger partial charge in [-0.25, -0.2) is 4.79 Å². The molecule has 156 valence electrons. The molecular formula is C22H29N3O4. The number of morpholine rings is 1. The third kappa shape index (κ3) is 5.32. The number of nitrogen functional groups attached to an aromatic ring is 1. The lowest BCUT2D eigenvalue weighted by Gasteiger charge is -2.33. The topological polar surface area (TPSA) is 88.3 Å².